The van der Waals surface area contributed by atoms with Crippen LogP contribution in [0.25, 0.3) is 0 Å². The molecular formula is C22H27ClF3NO5. The fraction of sp³-hybridized carbons (Fsp3) is 0.636. The van der Waals surface area contributed by atoms with Crippen LogP contribution >= 0.6 is 11.6 Å². The van der Waals surface area contributed by atoms with Crippen molar-refractivity contribution < 1.29 is 37.0 Å². The summed E-state index contributed by atoms with van der Waals surface area (Å²) in [5.74, 6) is -1.09. The minimum Gasteiger partial charge on any atom is -0.435 e. The molecule has 10 heteroatoms. The quantitative estimate of drug-likeness (QED) is 0.606. The maximum Gasteiger partial charge on any atom is 0.508 e. The molecule has 0 aromatic heterocycles. The number of amides is 1. The summed E-state index contributed by atoms with van der Waals surface area (Å²) in [6, 6.07) is 3.48. The Labute approximate surface area is 189 Å². The van der Waals surface area contributed by atoms with Crippen molar-refractivity contribution in [1.29, 1.82) is 0 Å². The van der Waals surface area contributed by atoms with Crippen LogP contribution in [0.5, 0.6) is 0 Å². The van der Waals surface area contributed by atoms with Crippen molar-refractivity contribution in [3.63, 3.8) is 0 Å². The molecule has 1 aliphatic carbocycles. The van der Waals surface area contributed by atoms with E-state index >= 15 is 0 Å². The van der Waals surface area contributed by atoms with E-state index in [4.69, 9.17) is 25.8 Å². The third-order valence-electron chi connectivity index (χ3n) is 6.16. The molecule has 1 amide bonds. The Bertz CT molecular complexity index is 845. The summed E-state index contributed by atoms with van der Waals surface area (Å²) in [6.07, 6.45) is -5.54. The number of carbonyl (C=O) groups excluding carboxylic acids is 2. The molecule has 2 unspecified atom stereocenters. The molecule has 1 saturated heterocycles. The van der Waals surface area contributed by atoms with E-state index in [1.54, 1.807) is 19.1 Å². The first-order valence-electron chi connectivity index (χ1n) is 10.6. The van der Waals surface area contributed by atoms with Crippen molar-refractivity contribution in [2.45, 2.75) is 76.3 Å². The van der Waals surface area contributed by atoms with E-state index in [2.05, 4.69) is 5.32 Å². The summed E-state index contributed by atoms with van der Waals surface area (Å²) in [5.41, 5.74) is 1.37. The van der Waals surface area contributed by atoms with Gasteiger partial charge in [0.05, 0.1) is 18.2 Å². The van der Waals surface area contributed by atoms with Crippen molar-refractivity contribution in [1.82, 2.24) is 5.32 Å². The molecule has 0 radical (unpaired) electrons. The van der Waals surface area contributed by atoms with Crippen molar-refractivity contribution in [3.05, 3.63) is 33.8 Å². The number of hydrogen-bond acceptors (Lipinski definition) is 5. The van der Waals surface area contributed by atoms with Crippen LogP contribution in [-0.4, -0.2) is 49.2 Å². The average molecular weight is 478 g/mol. The number of halogens is 4. The highest BCUT2D eigenvalue weighted by Gasteiger charge is 2.57. The maximum atomic E-state index is 13.2. The Kier molecular flexibility index (Phi) is 7.29. The molecule has 32 heavy (non-hydrogen) atoms. The van der Waals surface area contributed by atoms with E-state index in [9.17, 15) is 22.8 Å². The van der Waals surface area contributed by atoms with Crippen LogP contribution in [0.15, 0.2) is 12.1 Å². The molecule has 2 atom stereocenters. The monoisotopic (exact) mass is 477 g/mol. The average Bonchev–Trinajstić information content (AvgIpc) is 2.92. The summed E-state index contributed by atoms with van der Waals surface area (Å²) in [7, 11) is 0. The van der Waals surface area contributed by atoms with Crippen LogP contribution in [-0.2, 0) is 19.0 Å². The number of carbonyl (C=O) groups is 2. The molecule has 178 valence electrons. The van der Waals surface area contributed by atoms with Crippen LogP contribution < -0.4 is 5.32 Å². The zero-order valence-electron chi connectivity index (χ0n) is 18.2. The number of rotatable bonds is 5. The summed E-state index contributed by atoms with van der Waals surface area (Å²) >= 11 is 6.15. The predicted molar refractivity (Wildman–Crippen MR) is 111 cm³/mol. The first-order chi connectivity index (χ1) is 15.0. The molecule has 2 aliphatic rings. The summed E-state index contributed by atoms with van der Waals surface area (Å²) in [6.45, 7) is 4.09. The Morgan fingerprint density at radius 1 is 1.22 bits per heavy atom. The van der Waals surface area contributed by atoms with Gasteiger partial charge in [-0.15, -0.1) is 0 Å². The largest absolute Gasteiger partial charge is 0.508 e. The van der Waals surface area contributed by atoms with E-state index in [1.165, 1.54) is 0 Å². The fourth-order valence-corrected chi connectivity index (χ4v) is 5.20. The van der Waals surface area contributed by atoms with Gasteiger partial charge in [-0.05, 0) is 75.3 Å². The van der Waals surface area contributed by atoms with Crippen molar-refractivity contribution in [2.24, 2.45) is 0 Å². The second kappa shape index (κ2) is 9.47. The van der Waals surface area contributed by atoms with Gasteiger partial charge in [0.1, 0.15) is 18.6 Å². The minimum atomic E-state index is -4.40. The first kappa shape index (κ1) is 24.6. The van der Waals surface area contributed by atoms with Gasteiger partial charge in [-0.2, -0.15) is 13.2 Å². The summed E-state index contributed by atoms with van der Waals surface area (Å²) in [4.78, 5) is 25.4. The third kappa shape index (κ3) is 5.31. The van der Waals surface area contributed by atoms with Gasteiger partial charge in [-0.3, -0.25) is 4.79 Å². The van der Waals surface area contributed by atoms with Crippen LogP contribution in [0.4, 0.5) is 18.0 Å². The van der Waals surface area contributed by atoms with Gasteiger partial charge in [-0.25, -0.2) is 4.79 Å². The fourth-order valence-electron chi connectivity index (χ4n) is 4.88. The minimum absolute atomic E-state index is 0.108. The Balaban J connectivity index is 1.89. The second-order valence-electron chi connectivity index (χ2n) is 8.42. The molecule has 1 aromatic carbocycles. The SMILES string of the molecule is CCOC(=O)OC1C(c2c(C)cc(Cl)cc2C)C(=O)NC12CCC(OCC(F)(F)F)CC2. The van der Waals surface area contributed by atoms with Gasteiger partial charge in [0.25, 0.3) is 0 Å². The van der Waals surface area contributed by atoms with E-state index < -0.39 is 42.6 Å². The molecule has 1 spiro atoms. The molecule has 1 saturated carbocycles. The van der Waals surface area contributed by atoms with Crippen LogP contribution in [0, 0.1) is 13.8 Å². The number of nitrogens with one attached hydrogen (secondary N) is 1. The number of aryl methyl sites for hydroxylation is 2. The molecule has 1 heterocycles. The lowest BCUT2D eigenvalue weighted by Crippen LogP contribution is -2.53. The second-order valence-corrected chi connectivity index (χ2v) is 8.86. The van der Waals surface area contributed by atoms with Crippen molar-refractivity contribution in [3.8, 4) is 0 Å². The Morgan fingerprint density at radius 3 is 2.34 bits per heavy atom. The maximum absolute atomic E-state index is 13.2. The predicted octanol–water partition coefficient (Wildman–Crippen LogP) is 4.97. The topological polar surface area (TPSA) is 73.9 Å². The van der Waals surface area contributed by atoms with Gasteiger partial charge >= 0.3 is 12.3 Å². The van der Waals surface area contributed by atoms with E-state index in [0.717, 1.165) is 11.1 Å². The first-order valence-corrected chi connectivity index (χ1v) is 10.9. The number of ether oxygens (including phenoxy) is 3. The highest BCUT2D eigenvalue weighted by Crippen LogP contribution is 2.46. The van der Waals surface area contributed by atoms with Gasteiger partial charge in [0.2, 0.25) is 5.91 Å². The molecule has 0 bridgehead atoms. The molecule has 1 aliphatic heterocycles. The van der Waals surface area contributed by atoms with E-state index in [-0.39, 0.29) is 12.5 Å². The smallest absolute Gasteiger partial charge is 0.435 e. The third-order valence-corrected chi connectivity index (χ3v) is 6.38. The molecule has 1 N–H and O–H groups in total. The lowest BCUT2D eigenvalue weighted by atomic mass is 9.73. The van der Waals surface area contributed by atoms with Gasteiger partial charge in [0, 0.05) is 5.02 Å². The number of hydrogen-bond donors (Lipinski definition) is 1. The van der Waals surface area contributed by atoms with Gasteiger partial charge in [-0.1, -0.05) is 11.6 Å². The van der Waals surface area contributed by atoms with Crippen LogP contribution in [0.1, 0.15) is 55.2 Å². The zero-order valence-corrected chi connectivity index (χ0v) is 18.9. The molecular weight excluding hydrogens is 451 g/mol. The Morgan fingerprint density at radius 2 is 1.81 bits per heavy atom. The Hall–Kier alpha value is -2.00. The van der Waals surface area contributed by atoms with Crippen molar-refractivity contribution >= 4 is 23.7 Å². The van der Waals surface area contributed by atoms with Crippen molar-refractivity contribution in [2.75, 3.05) is 13.2 Å². The van der Waals surface area contributed by atoms with Crippen LogP contribution in [0.3, 0.4) is 0 Å². The standard InChI is InChI=1S/C22H27ClF3NO5/c1-4-30-20(29)32-18-17(16-12(2)9-14(23)10-13(16)3)19(28)27-21(18)7-5-15(6-8-21)31-11-22(24,25)26/h9-10,15,17-18H,4-8,11H2,1-3H3,(H,27,28). The number of benzene rings is 1. The van der Waals surface area contributed by atoms with Gasteiger partial charge < -0.3 is 19.5 Å². The molecule has 6 nitrogen and oxygen atoms in total. The molecule has 2 fully saturated rings. The summed E-state index contributed by atoms with van der Waals surface area (Å²) < 4.78 is 53.2. The molecule has 3 rings (SSSR count). The van der Waals surface area contributed by atoms with E-state index in [1.807, 2.05) is 13.8 Å². The summed E-state index contributed by atoms with van der Waals surface area (Å²) in [5, 5.41) is 3.52. The van der Waals surface area contributed by atoms with Crippen LogP contribution in [0.2, 0.25) is 5.02 Å². The highest BCUT2D eigenvalue weighted by atomic mass is 35.5. The molecule has 1 aromatic rings. The van der Waals surface area contributed by atoms with Gasteiger partial charge in [0.15, 0.2) is 0 Å². The highest BCUT2D eigenvalue weighted by molar-refractivity contribution is 6.30. The normalized spacial score (nSPS) is 28.0. The zero-order chi connectivity index (χ0) is 23.7. The number of alkyl halides is 3. The lowest BCUT2D eigenvalue weighted by Gasteiger charge is -2.41. The lowest BCUT2D eigenvalue weighted by molar-refractivity contribution is -0.189. The van der Waals surface area contributed by atoms with E-state index in [0.29, 0.717) is 36.3 Å².